The van der Waals surface area contributed by atoms with Crippen LogP contribution in [0.25, 0.3) is 0 Å². The van der Waals surface area contributed by atoms with Gasteiger partial charge in [-0.05, 0) is 45.3 Å². The van der Waals surface area contributed by atoms with Gasteiger partial charge in [-0.15, -0.1) is 0 Å². The second-order valence-corrected chi connectivity index (χ2v) is 6.78. The van der Waals surface area contributed by atoms with E-state index in [1.165, 1.54) is 0 Å². The maximum Gasteiger partial charge on any atom is 0.325 e. The van der Waals surface area contributed by atoms with Crippen LogP contribution in [0.4, 0.5) is 0 Å². The van der Waals surface area contributed by atoms with Gasteiger partial charge in [0.15, 0.2) is 0 Å². The van der Waals surface area contributed by atoms with E-state index in [2.05, 4.69) is 36.1 Å². The Hall–Kier alpha value is -0.650. The fourth-order valence-corrected chi connectivity index (χ4v) is 3.74. The molecule has 2 fully saturated rings. The summed E-state index contributed by atoms with van der Waals surface area (Å²) in [7, 11) is 4.22. The number of likely N-dealkylation sites (tertiary alicyclic amines) is 1. The number of likely N-dealkylation sites (N-methyl/N-ethyl adjacent to an activating group) is 2. The third kappa shape index (κ3) is 3.00. The van der Waals surface area contributed by atoms with Crippen LogP contribution in [0.15, 0.2) is 0 Å². The van der Waals surface area contributed by atoms with Crippen LogP contribution in [0.5, 0.6) is 0 Å². The number of rotatable bonds is 7. The number of aliphatic carboxylic acids is 1. The van der Waals surface area contributed by atoms with Crippen molar-refractivity contribution in [2.45, 2.75) is 38.3 Å². The summed E-state index contributed by atoms with van der Waals surface area (Å²) in [5, 5.41) is 13.1. The highest BCUT2D eigenvalue weighted by molar-refractivity contribution is 5.80. The van der Waals surface area contributed by atoms with Crippen molar-refractivity contribution in [2.24, 2.45) is 11.8 Å². The number of nitrogens with zero attached hydrogens (tertiary/aromatic N) is 2. The number of hydrogen-bond acceptors (Lipinski definition) is 4. The van der Waals surface area contributed by atoms with Crippen LogP contribution in [0.2, 0.25) is 0 Å². The average molecular weight is 283 g/mol. The Bertz CT molecular complexity index is 357. The second kappa shape index (κ2) is 6.00. The third-order valence-corrected chi connectivity index (χ3v) is 4.93. The van der Waals surface area contributed by atoms with Crippen molar-refractivity contribution in [2.75, 3.05) is 40.3 Å². The monoisotopic (exact) mass is 283 g/mol. The summed E-state index contributed by atoms with van der Waals surface area (Å²) in [6.45, 7) is 7.57. The SMILES string of the molecule is CCNC(CN1CC(C)C(N(C)C)C1)(C(=O)O)C1CC1. The van der Waals surface area contributed by atoms with Crippen molar-refractivity contribution in [3.63, 3.8) is 0 Å². The molecule has 0 amide bonds. The molecule has 3 unspecified atom stereocenters. The first-order valence-corrected chi connectivity index (χ1v) is 7.78. The fraction of sp³-hybridized carbons (Fsp3) is 0.933. The minimum atomic E-state index is -0.740. The topological polar surface area (TPSA) is 55.8 Å². The molecule has 0 aromatic carbocycles. The fourth-order valence-electron chi connectivity index (χ4n) is 3.74. The molecule has 1 aliphatic carbocycles. The Morgan fingerprint density at radius 1 is 1.40 bits per heavy atom. The molecule has 0 bridgehead atoms. The van der Waals surface area contributed by atoms with Gasteiger partial charge < -0.3 is 15.3 Å². The van der Waals surface area contributed by atoms with Gasteiger partial charge in [0.1, 0.15) is 5.54 Å². The molecule has 20 heavy (non-hydrogen) atoms. The van der Waals surface area contributed by atoms with Crippen molar-refractivity contribution in [1.29, 1.82) is 0 Å². The number of hydrogen-bond donors (Lipinski definition) is 2. The molecule has 1 saturated heterocycles. The first-order valence-electron chi connectivity index (χ1n) is 7.78. The molecular weight excluding hydrogens is 254 g/mol. The number of carboxylic acid groups (broad SMARTS) is 1. The normalized spacial score (nSPS) is 30.6. The van der Waals surface area contributed by atoms with Gasteiger partial charge in [-0.25, -0.2) is 0 Å². The van der Waals surface area contributed by atoms with Gasteiger partial charge in [-0.1, -0.05) is 13.8 Å². The zero-order valence-electron chi connectivity index (χ0n) is 13.2. The summed E-state index contributed by atoms with van der Waals surface area (Å²) in [6, 6.07) is 0.530. The van der Waals surface area contributed by atoms with Gasteiger partial charge in [-0.2, -0.15) is 0 Å². The maximum absolute atomic E-state index is 11.9. The zero-order valence-corrected chi connectivity index (χ0v) is 13.2. The van der Waals surface area contributed by atoms with Gasteiger partial charge in [0.25, 0.3) is 0 Å². The van der Waals surface area contributed by atoms with E-state index in [0.29, 0.717) is 31.0 Å². The summed E-state index contributed by atoms with van der Waals surface area (Å²) in [6.07, 6.45) is 2.08. The molecule has 2 N–H and O–H groups in total. The third-order valence-electron chi connectivity index (χ3n) is 4.93. The summed E-state index contributed by atoms with van der Waals surface area (Å²) in [5.41, 5.74) is -0.740. The van der Waals surface area contributed by atoms with Crippen molar-refractivity contribution in [1.82, 2.24) is 15.1 Å². The quantitative estimate of drug-likeness (QED) is 0.721. The Kier molecular flexibility index (Phi) is 4.72. The molecule has 1 saturated carbocycles. The Morgan fingerprint density at radius 3 is 2.45 bits per heavy atom. The number of nitrogens with one attached hydrogen (secondary N) is 1. The Balaban J connectivity index is 2.07. The lowest BCUT2D eigenvalue weighted by Gasteiger charge is -2.34. The van der Waals surface area contributed by atoms with Crippen LogP contribution in [-0.2, 0) is 4.79 Å². The van der Waals surface area contributed by atoms with Gasteiger partial charge in [0.2, 0.25) is 0 Å². The van der Waals surface area contributed by atoms with E-state index in [0.717, 1.165) is 25.9 Å². The van der Waals surface area contributed by atoms with Crippen LogP contribution in [0.1, 0.15) is 26.7 Å². The van der Waals surface area contributed by atoms with Crippen LogP contribution in [0.3, 0.4) is 0 Å². The highest BCUT2D eigenvalue weighted by atomic mass is 16.4. The molecule has 2 rings (SSSR count). The van der Waals surface area contributed by atoms with E-state index in [9.17, 15) is 9.90 Å². The van der Waals surface area contributed by atoms with E-state index in [1.807, 2.05) is 6.92 Å². The largest absolute Gasteiger partial charge is 0.480 e. The molecule has 2 aliphatic rings. The molecule has 1 heterocycles. The molecule has 116 valence electrons. The Labute approximate surface area is 122 Å². The van der Waals surface area contributed by atoms with Crippen LogP contribution < -0.4 is 5.32 Å². The maximum atomic E-state index is 11.9. The van der Waals surface area contributed by atoms with E-state index in [-0.39, 0.29) is 0 Å². The molecule has 0 radical (unpaired) electrons. The van der Waals surface area contributed by atoms with E-state index in [1.54, 1.807) is 0 Å². The highest BCUT2D eigenvalue weighted by Crippen LogP contribution is 2.41. The summed E-state index contributed by atoms with van der Waals surface area (Å²) < 4.78 is 0. The highest BCUT2D eigenvalue weighted by Gasteiger charge is 2.52. The summed E-state index contributed by atoms with van der Waals surface area (Å²) in [4.78, 5) is 16.5. The van der Waals surface area contributed by atoms with Gasteiger partial charge in [-0.3, -0.25) is 9.69 Å². The Morgan fingerprint density at radius 2 is 2.05 bits per heavy atom. The minimum absolute atomic E-state index is 0.300. The van der Waals surface area contributed by atoms with Crippen LogP contribution in [0, 0.1) is 11.8 Å². The smallest absolute Gasteiger partial charge is 0.325 e. The van der Waals surface area contributed by atoms with Crippen molar-refractivity contribution >= 4 is 5.97 Å². The minimum Gasteiger partial charge on any atom is -0.480 e. The molecule has 0 aromatic heterocycles. The molecule has 0 spiro atoms. The van der Waals surface area contributed by atoms with Crippen LogP contribution >= 0.6 is 0 Å². The average Bonchev–Trinajstić information content (AvgIpc) is 3.13. The predicted octanol–water partition coefficient (Wildman–Crippen LogP) is 0.711. The van der Waals surface area contributed by atoms with Gasteiger partial charge in [0, 0.05) is 25.7 Å². The molecular formula is C15H29N3O2. The van der Waals surface area contributed by atoms with E-state index in [4.69, 9.17) is 0 Å². The van der Waals surface area contributed by atoms with Crippen LogP contribution in [-0.4, -0.2) is 72.7 Å². The van der Waals surface area contributed by atoms with Crippen molar-refractivity contribution < 1.29 is 9.90 Å². The van der Waals surface area contributed by atoms with Gasteiger partial charge >= 0.3 is 5.97 Å². The zero-order chi connectivity index (χ0) is 14.9. The van der Waals surface area contributed by atoms with Gasteiger partial charge in [0.05, 0.1) is 0 Å². The molecule has 5 heteroatoms. The number of carbonyl (C=O) groups is 1. The first kappa shape index (κ1) is 15.7. The van der Waals surface area contributed by atoms with E-state index >= 15 is 0 Å². The molecule has 3 atom stereocenters. The molecule has 1 aliphatic heterocycles. The first-order chi connectivity index (χ1) is 9.40. The lowest BCUT2D eigenvalue weighted by molar-refractivity contribution is -0.147. The van der Waals surface area contributed by atoms with Crippen molar-refractivity contribution in [3.8, 4) is 0 Å². The molecule has 0 aromatic rings. The lowest BCUT2D eigenvalue weighted by atomic mass is 9.92. The standard InChI is InChI=1S/C15H29N3O2/c1-5-16-15(14(19)20,12-6-7-12)10-18-8-11(2)13(9-18)17(3)4/h11-13,16H,5-10H2,1-4H3,(H,19,20). The lowest BCUT2D eigenvalue weighted by Crippen LogP contribution is -2.60. The van der Waals surface area contributed by atoms with Crippen molar-refractivity contribution in [3.05, 3.63) is 0 Å². The summed E-state index contributed by atoms with van der Waals surface area (Å²) in [5.74, 6) is 0.216. The summed E-state index contributed by atoms with van der Waals surface area (Å²) >= 11 is 0. The second-order valence-electron chi connectivity index (χ2n) is 6.78. The van der Waals surface area contributed by atoms with E-state index < -0.39 is 11.5 Å². The predicted molar refractivity (Wildman–Crippen MR) is 79.8 cm³/mol. The molecule has 5 nitrogen and oxygen atoms in total. The number of carboxylic acids is 1.